The number of benzene rings is 1. The molecule has 0 saturated carbocycles. The number of nitrogens with zero attached hydrogens (tertiary/aromatic N) is 1. The third-order valence-electron chi connectivity index (χ3n) is 3.75. The van der Waals surface area contributed by atoms with Crippen LogP contribution in [0, 0.1) is 17.7 Å². The molecule has 1 amide bonds. The molecule has 1 unspecified atom stereocenters. The lowest BCUT2D eigenvalue weighted by Gasteiger charge is -2.29. The quantitative estimate of drug-likeness (QED) is 0.768. The summed E-state index contributed by atoms with van der Waals surface area (Å²) in [5.74, 6) is 5.56. The van der Waals surface area contributed by atoms with Crippen molar-refractivity contribution in [2.24, 2.45) is 0 Å². The van der Waals surface area contributed by atoms with Crippen LogP contribution in [0.5, 0.6) is 0 Å². The van der Waals surface area contributed by atoms with E-state index in [9.17, 15) is 14.3 Å². The van der Waals surface area contributed by atoms with Gasteiger partial charge in [-0.05, 0) is 31.0 Å². The van der Waals surface area contributed by atoms with E-state index in [1.807, 2.05) is 0 Å². The SMILES string of the molecule is O=C(C1=CNC(C#Cc2cccc(F)c2)S1)N1CCC(O)CC1. The maximum absolute atomic E-state index is 13.1. The molecule has 6 heteroatoms. The molecule has 1 aromatic rings. The highest BCUT2D eigenvalue weighted by atomic mass is 32.2. The van der Waals surface area contributed by atoms with E-state index < -0.39 is 0 Å². The molecule has 120 valence electrons. The molecular formula is C17H17FN2O2S. The molecule has 2 aliphatic rings. The van der Waals surface area contributed by atoms with Crippen LogP contribution in [0.15, 0.2) is 35.4 Å². The monoisotopic (exact) mass is 332 g/mol. The molecular weight excluding hydrogens is 315 g/mol. The van der Waals surface area contributed by atoms with E-state index in [-0.39, 0.29) is 23.2 Å². The number of halogens is 1. The second kappa shape index (κ2) is 7.07. The zero-order chi connectivity index (χ0) is 16.2. The zero-order valence-electron chi connectivity index (χ0n) is 12.5. The topological polar surface area (TPSA) is 52.6 Å². The minimum absolute atomic E-state index is 0.0237. The smallest absolute Gasteiger partial charge is 0.261 e. The van der Waals surface area contributed by atoms with Gasteiger partial charge in [0, 0.05) is 24.9 Å². The number of hydrogen-bond acceptors (Lipinski definition) is 4. The lowest BCUT2D eigenvalue weighted by atomic mass is 10.1. The van der Waals surface area contributed by atoms with Gasteiger partial charge >= 0.3 is 0 Å². The van der Waals surface area contributed by atoms with Crippen LogP contribution in [0.3, 0.4) is 0 Å². The van der Waals surface area contributed by atoms with Crippen molar-refractivity contribution in [1.82, 2.24) is 10.2 Å². The second-order valence-corrected chi connectivity index (χ2v) is 6.62. The fraction of sp³-hybridized carbons (Fsp3) is 0.353. The summed E-state index contributed by atoms with van der Waals surface area (Å²) in [4.78, 5) is 14.8. The van der Waals surface area contributed by atoms with Gasteiger partial charge in [0.2, 0.25) is 0 Å². The first-order chi connectivity index (χ1) is 11.1. The number of piperidine rings is 1. The summed E-state index contributed by atoms with van der Waals surface area (Å²) in [5.41, 5.74) is 0.609. The molecule has 23 heavy (non-hydrogen) atoms. The number of thioether (sulfide) groups is 1. The maximum Gasteiger partial charge on any atom is 0.261 e. The summed E-state index contributed by atoms with van der Waals surface area (Å²) < 4.78 is 13.1. The highest BCUT2D eigenvalue weighted by molar-refractivity contribution is 8.05. The fourth-order valence-corrected chi connectivity index (χ4v) is 3.34. The molecule has 4 nitrogen and oxygen atoms in total. The molecule has 0 bridgehead atoms. The minimum atomic E-state index is -0.315. The predicted octanol–water partition coefficient (Wildman–Crippen LogP) is 1.66. The van der Waals surface area contributed by atoms with Crippen LogP contribution in [0.2, 0.25) is 0 Å². The van der Waals surface area contributed by atoms with Crippen LogP contribution in [0.4, 0.5) is 4.39 Å². The Hall–Kier alpha value is -1.97. The Bertz CT molecular complexity index is 687. The molecule has 1 aromatic carbocycles. The van der Waals surface area contributed by atoms with Gasteiger partial charge in [0.1, 0.15) is 11.2 Å². The number of carbonyl (C=O) groups excluding carboxylic acids is 1. The van der Waals surface area contributed by atoms with E-state index in [2.05, 4.69) is 17.2 Å². The van der Waals surface area contributed by atoms with Gasteiger partial charge in [-0.2, -0.15) is 0 Å². The molecule has 2 N–H and O–H groups in total. The Balaban J connectivity index is 1.57. The Morgan fingerprint density at radius 2 is 2.17 bits per heavy atom. The second-order valence-electron chi connectivity index (χ2n) is 5.48. The van der Waals surface area contributed by atoms with Crippen molar-refractivity contribution in [2.75, 3.05) is 13.1 Å². The van der Waals surface area contributed by atoms with E-state index in [1.54, 1.807) is 23.2 Å². The van der Waals surface area contributed by atoms with Crippen molar-refractivity contribution in [3.8, 4) is 11.8 Å². The first-order valence-electron chi connectivity index (χ1n) is 7.49. The van der Waals surface area contributed by atoms with Crippen LogP contribution in [-0.2, 0) is 4.79 Å². The van der Waals surface area contributed by atoms with Gasteiger partial charge in [-0.15, -0.1) is 0 Å². The van der Waals surface area contributed by atoms with E-state index in [1.165, 1.54) is 23.9 Å². The summed E-state index contributed by atoms with van der Waals surface area (Å²) in [6.45, 7) is 1.16. The molecule has 2 aliphatic heterocycles. The fourth-order valence-electron chi connectivity index (χ4n) is 2.47. The van der Waals surface area contributed by atoms with Crippen molar-refractivity contribution in [2.45, 2.75) is 24.3 Å². The van der Waals surface area contributed by atoms with Gasteiger partial charge in [-0.3, -0.25) is 4.79 Å². The molecule has 0 aromatic heterocycles. The highest BCUT2D eigenvalue weighted by Crippen LogP contribution is 2.28. The molecule has 1 fully saturated rings. The minimum Gasteiger partial charge on any atom is -0.393 e. The zero-order valence-corrected chi connectivity index (χ0v) is 13.3. The number of nitrogens with one attached hydrogen (secondary N) is 1. The van der Waals surface area contributed by atoms with Crippen LogP contribution in [0.25, 0.3) is 0 Å². The molecule has 3 rings (SSSR count). The lowest BCUT2D eigenvalue weighted by molar-refractivity contribution is -0.128. The standard InChI is InChI=1S/C17H17FN2O2S/c18-13-3-1-2-12(10-13)4-5-16-19-11-15(23-16)17(22)20-8-6-14(21)7-9-20/h1-3,10-11,14,16,19,21H,6-9H2. The molecule has 0 aliphatic carbocycles. The summed E-state index contributed by atoms with van der Waals surface area (Å²) in [5, 5.41) is 12.3. The number of rotatable bonds is 1. The van der Waals surface area contributed by atoms with Crippen LogP contribution in [-0.4, -0.2) is 40.5 Å². The van der Waals surface area contributed by atoms with E-state index in [0.29, 0.717) is 36.4 Å². The van der Waals surface area contributed by atoms with Crippen molar-refractivity contribution in [3.63, 3.8) is 0 Å². The van der Waals surface area contributed by atoms with Gasteiger partial charge in [0.25, 0.3) is 5.91 Å². The first kappa shape index (κ1) is 15.9. The molecule has 0 radical (unpaired) electrons. The normalized spacial score (nSPS) is 21.2. The van der Waals surface area contributed by atoms with Crippen molar-refractivity contribution < 1.29 is 14.3 Å². The Morgan fingerprint density at radius 3 is 2.91 bits per heavy atom. The number of hydrogen-bond donors (Lipinski definition) is 2. The summed E-state index contributed by atoms with van der Waals surface area (Å²) in [6, 6.07) is 6.12. The highest BCUT2D eigenvalue weighted by Gasteiger charge is 2.27. The van der Waals surface area contributed by atoms with E-state index in [0.717, 1.165) is 0 Å². The van der Waals surface area contributed by atoms with Crippen LogP contribution >= 0.6 is 11.8 Å². The Labute approximate surface area is 138 Å². The summed E-state index contributed by atoms with van der Waals surface area (Å²) in [6.07, 6.45) is 2.63. The molecule has 0 spiro atoms. The van der Waals surface area contributed by atoms with Crippen LogP contribution < -0.4 is 5.32 Å². The molecule has 1 saturated heterocycles. The number of amides is 1. The van der Waals surface area contributed by atoms with E-state index in [4.69, 9.17) is 0 Å². The average Bonchev–Trinajstić information content (AvgIpc) is 3.02. The van der Waals surface area contributed by atoms with Gasteiger partial charge in [-0.25, -0.2) is 4.39 Å². The van der Waals surface area contributed by atoms with E-state index >= 15 is 0 Å². The Kier molecular flexibility index (Phi) is 4.89. The average molecular weight is 332 g/mol. The van der Waals surface area contributed by atoms with Crippen LogP contribution in [0.1, 0.15) is 18.4 Å². The number of likely N-dealkylation sites (tertiary alicyclic amines) is 1. The number of aliphatic hydroxyl groups is 1. The third-order valence-corrected chi connectivity index (χ3v) is 4.78. The van der Waals surface area contributed by atoms with Gasteiger partial charge < -0.3 is 15.3 Å². The van der Waals surface area contributed by atoms with Crippen molar-refractivity contribution in [1.29, 1.82) is 0 Å². The Morgan fingerprint density at radius 1 is 1.39 bits per heavy atom. The summed E-state index contributed by atoms with van der Waals surface area (Å²) in [7, 11) is 0. The number of carbonyl (C=O) groups is 1. The van der Waals surface area contributed by atoms with Gasteiger partial charge in [-0.1, -0.05) is 29.7 Å². The largest absolute Gasteiger partial charge is 0.393 e. The third kappa shape index (κ3) is 4.06. The maximum atomic E-state index is 13.1. The predicted molar refractivity (Wildman–Crippen MR) is 87.7 cm³/mol. The molecule has 2 heterocycles. The first-order valence-corrected chi connectivity index (χ1v) is 8.37. The molecule has 1 atom stereocenters. The lowest BCUT2D eigenvalue weighted by Crippen LogP contribution is -2.40. The van der Waals surface area contributed by atoms with Gasteiger partial charge in [0.05, 0.1) is 11.0 Å². The number of aliphatic hydroxyl groups excluding tert-OH is 1. The summed E-state index contributed by atoms with van der Waals surface area (Å²) >= 11 is 1.37. The van der Waals surface area contributed by atoms with Crippen molar-refractivity contribution >= 4 is 17.7 Å². The van der Waals surface area contributed by atoms with Crippen molar-refractivity contribution in [3.05, 3.63) is 46.8 Å². The van der Waals surface area contributed by atoms with Gasteiger partial charge in [0.15, 0.2) is 0 Å².